The van der Waals surface area contributed by atoms with E-state index in [1.165, 1.54) is 5.39 Å². The predicted octanol–water partition coefficient (Wildman–Crippen LogP) is 20.2. The van der Waals surface area contributed by atoms with Gasteiger partial charge in [0.1, 0.15) is 11.4 Å². The second-order valence-electron chi connectivity index (χ2n) is 23.7. The standard InChI is InChI=1S/2C22H20N2O3.2C21H19N3O3/c1-3-25-19-13-12-16(14-20(19)26-4-2)22-23-21(24-27-22)18-11-7-9-15-8-5-6-10-17(15)18;1-3-25-19-12-11-18(14-20(19)26-4-2)22-23-21(24-27-22)17-10-9-15-7-5-6-8-16(15)13-17;1-3-25-18-10-9-15(12-19(18)26-4-2)21-23-20(24-27-21)17-11-14-7-5-6-8-16(14)13-22-17;1-3-25-17-10-9-15(13-18(17)26-4-2)21-23-20(24-27-21)19-16-8-6-5-7-14(16)11-12-22-19/h2*5-14H,3-4H2,1-2H3;2*5-13H,3-4H2,1-2H3. The molecule has 22 nitrogen and oxygen atoms in total. The zero-order chi connectivity index (χ0) is 74.6. The first-order valence-corrected chi connectivity index (χ1v) is 35.8. The first-order chi connectivity index (χ1) is 53.2. The van der Waals surface area contributed by atoms with E-state index in [0.29, 0.717) is 157 Å². The fourth-order valence-electron chi connectivity index (χ4n) is 11.8. The SMILES string of the molecule is CCOc1ccc(-c2nc(-c3cc4ccccc4cn3)no2)cc1OCC.CCOc1ccc(-c2nc(-c3ccc4ccccc4c3)no2)cc1OCC.CCOc1ccc(-c2nc(-c3cccc4ccccc34)no2)cc1OCC.CCOc1ccc(-c2nc(-c3nccc4ccccc34)no2)cc1OCC. The molecule has 22 heteroatoms. The van der Waals surface area contributed by atoms with Gasteiger partial charge in [0, 0.05) is 56.5 Å². The average molecular weight is 1440 g/mol. The van der Waals surface area contributed by atoms with Gasteiger partial charge in [-0.3, -0.25) is 9.97 Å². The Balaban J connectivity index is 0.000000127. The van der Waals surface area contributed by atoms with Crippen LogP contribution in [0.1, 0.15) is 55.4 Å². The number of hydrogen-bond donors (Lipinski definition) is 0. The first-order valence-electron chi connectivity index (χ1n) is 35.8. The van der Waals surface area contributed by atoms with Gasteiger partial charge in [0.25, 0.3) is 23.6 Å². The van der Waals surface area contributed by atoms with Gasteiger partial charge >= 0.3 is 0 Å². The molecule has 16 rings (SSSR count). The van der Waals surface area contributed by atoms with Gasteiger partial charge in [-0.05, 0) is 179 Å². The van der Waals surface area contributed by atoms with E-state index in [-0.39, 0.29) is 0 Å². The molecule has 0 N–H and O–H groups in total. The number of benzene rings is 10. The Hall–Kier alpha value is -13.5. The van der Waals surface area contributed by atoms with Gasteiger partial charge in [-0.1, -0.05) is 148 Å². The molecule has 0 aliphatic heterocycles. The van der Waals surface area contributed by atoms with E-state index >= 15 is 0 Å². The van der Waals surface area contributed by atoms with E-state index in [0.717, 1.165) is 71.1 Å². The van der Waals surface area contributed by atoms with Crippen LogP contribution in [0.15, 0.2) is 249 Å². The molecule has 10 aromatic carbocycles. The van der Waals surface area contributed by atoms with Crippen LogP contribution < -0.4 is 37.9 Å². The van der Waals surface area contributed by atoms with Crippen molar-refractivity contribution in [2.75, 3.05) is 52.9 Å². The maximum atomic E-state index is 5.69. The predicted molar refractivity (Wildman–Crippen MR) is 416 cm³/mol. The second kappa shape index (κ2) is 35.3. The molecule has 0 atom stereocenters. The van der Waals surface area contributed by atoms with Gasteiger partial charge in [0.05, 0.1) is 52.9 Å². The summed E-state index contributed by atoms with van der Waals surface area (Å²) in [5, 5.41) is 25.3. The van der Waals surface area contributed by atoms with Crippen LogP contribution in [0.25, 0.3) is 135 Å². The molecular weight excluding hydrogens is 1370 g/mol. The van der Waals surface area contributed by atoms with E-state index in [2.05, 4.69) is 93.0 Å². The molecule has 6 heterocycles. The zero-order valence-electron chi connectivity index (χ0n) is 61.0. The Morgan fingerprint density at radius 1 is 0.259 bits per heavy atom. The van der Waals surface area contributed by atoms with Gasteiger partial charge in [0.2, 0.25) is 23.3 Å². The molecule has 0 spiro atoms. The summed E-state index contributed by atoms with van der Waals surface area (Å²) in [6, 6.07) is 70.9. The number of ether oxygens (including phenoxy) is 8. The van der Waals surface area contributed by atoms with Gasteiger partial charge in [0.15, 0.2) is 46.0 Å². The van der Waals surface area contributed by atoms with Crippen LogP contribution in [0.3, 0.4) is 0 Å². The Bertz CT molecular complexity index is 5310. The van der Waals surface area contributed by atoms with Crippen LogP contribution in [-0.4, -0.2) is 103 Å². The highest BCUT2D eigenvalue weighted by Crippen LogP contribution is 2.39. The molecule has 6 aromatic heterocycles. The highest BCUT2D eigenvalue weighted by Gasteiger charge is 2.21. The maximum absolute atomic E-state index is 5.69. The molecule has 0 aliphatic carbocycles. The fraction of sp³-hybridized carbons (Fsp3) is 0.186. The van der Waals surface area contributed by atoms with E-state index in [1.807, 2.05) is 238 Å². The summed E-state index contributed by atoms with van der Waals surface area (Å²) in [5.41, 5.74) is 6.34. The molecule has 0 bridgehead atoms. The van der Waals surface area contributed by atoms with Crippen LogP contribution >= 0.6 is 0 Å². The lowest BCUT2D eigenvalue weighted by atomic mass is 10.0. The topological polar surface area (TPSA) is 255 Å². The minimum Gasteiger partial charge on any atom is -0.490 e. The van der Waals surface area contributed by atoms with Gasteiger partial charge < -0.3 is 56.0 Å². The summed E-state index contributed by atoms with van der Waals surface area (Å²) < 4.78 is 67.1. The third-order valence-corrected chi connectivity index (χ3v) is 16.6. The van der Waals surface area contributed by atoms with Crippen molar-refractivity contribution in [3.63, 3.8) is 0 Å². The summed E-state index contributed by atoms with van der Waals surface area (Å²) in [5.74, 6) is 9.17. The molecule has 0 fully saturated rings. The molecule has 0 saturated heterocycles. The van der Waals surface area contributed by atoms with E-state index in [4.69, 9.17) is 56.0 Å². The Morgan fingerprint density at radius 3 is 1.12 bits per heavy atom. The molecule has 16 aromatic rings. The Kier molecular flexibility index (Phi) is 23.8. The number of aromatic nitrogens is 10. The third kappa shape index (κ3) is 17.2. The largest absolute Gasteiger partial charge is 0.490 e. The van der Waals surface area contributed by atoms with Crippen molar-refractivity contribution in [1.29, 1.82) is 0 Å². The highest BCUT2D eigenvalue weighted by molar-refractivity contribution is 5.96. The second-order valence-corrected chi connectivity index (χ2v) is 23.7. The molecule has 108 heavy (non-hydrogen) atoms. The lowest BCUT2D eigenvalue weighted by Crippen LogP contribution is -1.98. The lowest BCUT2D eigenvalue weighted by molar-refractivity contribution is 0.288. The number of hydrogen-bond acceptors (Lipinski definition) is 22. The van der Waals surface area contributed by atoms with Crippen molar-refractivity contribution in [1.82, 2.24) is 50.5 Å². The van der Waals surface area contributed by atoms with Crippen molar-refractivity contribution in [2.45, 2.75) is 55.4 Å². The average Bonchev–Trinajstić information content (AvgIpc) is 1.67. The number of fused-ring (bicyclic) bond motifs is 4. The summed E-state index contributed by atoms with van der Waals surface area (Å²) in [7, 11) is 0. The van der Waals surface area contributed by atoms with Crippen LogP contribution in [0, 0.1) is 0 Å². The minimum atomic E-state index is 0.406. The van der Waals surface area contributed by atoms with Crippen molar-refractivity contribution >= 4 is 43.1 Å². The minimum absolute atomic E-state index is 0.406. The maximum Gasteiger partial charge on any atom is 0.258 e. The van der Waals surface area contributed by atoms with Crippen molar-refractivity contribution in [2.24, 2.45) is 0 Å². The van der Waals surface area contributed by atoms with E-state index < -0.39 is 0 Å². The smallest absolute Gasteiger partial charge is 0.258 e. The van der Waals surface area contributed by atoms with E-state index in [1.54, 1.807) is 6.20 Å². The molecule has 544 valence electrons. The molecule has 0 saturated carbocycles. The molecular formula is C86H78N10O12. The first kappa shape index (κ1) is 72.8. The molecule has 0 amide bonds. The monoisotopic (exact) mass is 1440 g/mol. The Labute approximate surface area is 623 Å². The van der Waals surface area contributed by atoms with Crippen LogP contribution in [0.4, 0.5) is 0 Å². The normalized spacial score (nSPS) is 10.9. The van der Waals surface area contributed by atoms with Crippen molar-refractivity contribution in [3.8, 4) is 138 Å². The van der Waals surface area contributed by atoms with E-state index in [9.17, 15) is 0 Å². The number of pyridine rings is 2. The zero-order valence-corrected chi connectivity index (χ0v) is 61.0. The Morgan fingerprint density at radius 2 is 0.620 bits per heavy atom. The molecule has 0 aliphatic rings. The van der Waals surface area contributed by atoms with Gasteiger partial charge in [-0.15, -0.1) is 0 Å². The van der Waals surface area contributed by atoms with Gasteiger partial charge in [-0.25, -0.2) is 0 Å². The molecule has 0 radical (unpaired) electrons. The third-order valence-electron chi connectivity index (χ3n) is 16.6. The van der Waals surface area contributed by atoms with Gasteiger partial charge in [-0.2, -0.15) is 19.9 Å². The quantitative estimate of drug-likeness (QED) is 0.0545. The van der Waals surface area contributed by atoms with Crippen LogP contribution in [0.2, 0.25) is 0 Å². The lowest BCUT2D eigenvalue weighted by Gasteiger charge is -2.11. The van der Waals surface area contributed by atoms with Crippen LogP contribution in [0.5, 0.6) is 46.0 Å². The summed E-state index contributed by atoms with van der Waals surface area (Å²) in [6.07, 6.45) is 3.56. The molecule has 0 unspecified atom stereocenters. The number of nitrogens with zero attached hydrogens (tertiary/aromatic N) is 10. The summed E-state index contributed by atoms with van der Waals surface area (Å²) in [4.78, 5) is 27.1. The fourth-order valence-corrected chi connectivity index (χ4v) is 11.8. The van der Waals surface area contributed by atoms with Crippen molar-refractivity contribution in [3.05, 3.63) is 231 Å². The summed E-state index contributed by atoms with van der Waals surface area (Å²) >= 11 is 0. The van der Waals surface area contributed by atoms with Crippen LogP contribution in [-0.2, 0) is 0 Å². The van der Waals surface area contributed by atoms with Crippen molar-refractivity contribution < 1.29 is 56.0 Å². The number of rotatable bonds is 24. The summed E-state index contributed by atoms with van der Waals surface area (Å²) in [6.45, 7) is 20.0. The highest BCUT2D eigenvalue weighted by atomic mass is 16.5.